The normalized spacial score (nSPS) is 14.0. The Morgan fingerprint density at radius 3 is 2.49 bits per heavy atom. The maximum Gasteiger partial charge on any atom is 0.410 e. The molecule has 1 aliphatic rings. The van der Waals surface area contributed by atoms with Gasteiger partial charge in [-0.2, -0.15) is 0 Å². The monoisotopic (exact) mass is 653 g/mol. The Labute approximate surface area is 254 Å². The van der Waals surface area contributed by atoms with E-state index in [1.807, 2.05) is 51.1 Å². The molecule has 10 nitrogen and oxygen atoms in total. The number of benzene rings is 2. The molecule has 0 saturated carbocycles. The first kappa shape index (κ1) is 32.3. The van der Waals surface area contributed by atoms with Crippen LogP contribution in [0.1, 0.15) is 39.7 Å². The van der Waals surface area contributed by atoms with Crippen LogP contribution in [0.4, 0.5) is 15.3 Å². The second kappa shape index (κ2) is 15.2. The van der Waals surface area contributed by atoms with E-state index >= 15 is 0 Å². The largest absolute Gasteiger partial charge is 0.476 e. The van der Waals surface area contributed by atoms with Crippen molar-refractivity contribution in [1.29, 1.82) is 0 Å². The number of alkyl carbamates (subject to hydrolysis) is 1. The summed E-state index contributed by atoms with van der Waals surface area (Å²) < 4.78 is 22.5. The standard InChI is InChI=1S/C29H37BrClN3O7/c1-5-38-26(35)24(11-12-32-27(36)39-18-19-9-7-6-8-10-19)40-25-13-21(30)22(31)14-23(25)33-15-20-16-34(17-20)28(37)41-29(2,3)4/h6-10,13-14,20,24,33H,5,11-12,15-18H2,1-4H3,(H,32,36)/t24-/m1/s1. The maximum absolute atomic E-state index is 12.7. The zero-order chi connectivity index (χ0) is 30.0. The summed E-state index contributed by atoms with van der Waals surface area (Å²) in [4.78, 5) is 38.7. The number of carbonyl (C=O) groups is 3. The van der Waals surface area contributed by atoms with Gasteiger partial charge in [0.2, 0.25) is 0 Å². The minimum absolute atomic E-state index is 0.122. The van der Waals surface area contributed by atoms with Gasteiger partial charge in [-0.05, 0) is 61.3 Å². The molecule has 0 aromatic heterocycles. The molecule has 3 rings (SSSR count). The molecule has 0 aliphatic carbocycles. The Morgan fingerprint density at radius 2 is 1.83 bits per heavy atom. The molecule has 224 valence electrons. The Bertz CT molecular complexity index is 1190. The molecule has 0 radical (unpaired) electrons. The lowest BCUT2D eigenvalue weighted by molar-refractivity contribution is -0.151. The number of ether oxygens (including phenoxy) is 4. The Kier molecular flexibility index (Phi) is 12.0. The SMILES string of the molecule is CCOC(=O)[C@@H](CCNC(=O)OCc1ccccc1)Oc1cc(Br)c(Cl)cc1NCC1CN(C(=O)OC(C)(C)C)C1. The molecule has 0 unspecified atom stereocenters. The Balaban J connectivity index is 1.57. The van der Waals surface area contributed by atoms with Crippen molar-refractivity contribution in [2.75, 3.05) is 38.1 Å². The van der Waals surface area contributed by atoms with Gasteiger partial charge < -0.3 is 34.5 Å². The summed E-state index contributed by atoms with van der Waals surface area (Å²) >= 11 is 9.76. The van der Waals surface area contributed by atoms with E-state index in [4.69, 9.17) is 30.5 Å². The van der Waals surface area contributed by atoms with Crippen LogP contribution in [0, 0.1) is 5.92 Å². The molecule has 1 atom stereocenters. The number of hydrogen-bond donors (Lipinski definition) is 2. The van der Waals surface area contributed by atoms with Gasteiger partial charge in [0.25, 0.3) is 0 Å². The number of nitrogens with zero attached hydrogens (tertiary/aromatic N) is 1. The molecule has 2 aromatic carbocycles. The van der Waals surface area contributed by atoms with E-state index in [1.54, 1.807) is 24.0 Å². The van der Waals surface area contributed by atoms with Crippen LogP contribution in [-0.2, 0) is 25.6 Å². The molecule has 2 aromatic rings. The lowest BCUT2D eigenvalue weighted by Gasteiger charge is -2.40. The quantitative estimate of drug-likeness (QED) is 0.211. The maximum atomic E-state index is 12.7. The number of nitrogens with one attached hydrogen (secondary N) is 2. The zero-order valence-electron chi connectivity index (χ0n) is 23.7. The predicted molar refractivity (Wildman–Crippen MR) is 159 cm³/mol. The van der Waals surface area contributed by atoms with Crippen LogP contribution in [0.25, 0.3) is 0 Å². The molecule has 2 amide bonds. The van der Waals surface area contributed by atoms with Crippen LogP contribution >= 0.6 is 27.5 Å². The van der Waals surface area contributed by atoms with Gasteiger partial charge >= 0.3 is 18.2 Å². The average molecular weight is 655 g/mol. The summed E-state index contributed by atoms with van der Waals surface area (Å²) in [5.41, 5.74) is 0.899. The number of esters is 1. The molecule has 41 heavy (non-hydrogen) atoms. The second-order valence-electron chi connectivity index (χ2n) is 10.5. The first-order valence-corrected chi connectivity index (χ1v) is 14.6. The Morgan fingerprint density at radius 1 is 1.12 bits per heavy atom. The van der Waals surface area contributed by atoms with Gasteiger partial charge in [-0.3, -0.25) is 0 Å². The molecule has 12 heteroatoms. The lowest BCUT2D eigenvalue weighted by Crippen LogP contribution is -2.53. The van der Waals surface area contributed by atoms with Gasteiger partial charge in [-0.15, -0.1) is 0 Å². The number of likely N-dealkylation sites (tertiary alicyclic amines) is 1. The highest BCUT2D eigenvalue weighted by molar-refractivity contribution is 9.10. The molecule has 0 spiro atoms. The molecule has 1 fully saturated rings. The summed E-state index contributed by atoms with van der Waals surface area (Å²) in [6.07, 6.45) is -1.79. The number of anilines is 1. The van der Waals surface area contributed by atoms with Gasteiger partial charge in [0.15, 0.2) is 6.10 Å². The lowest BCUT2D eigenvalue weighted by atomic mass is 10.0. The van der Waals surface area contributed by atoms with Crippen molar-refractivity contribution in [3.05, 3.63) is 57.5 Å². The van der Waals surface area contributed by atoms with E-state index in [-0.39, 0.29) is 38.2 Å². The summed E-state index contributed by atoms with van der Waals surface area (Å²) in [5, 5.41) is 6.43. The highest BCUT2D eigenvalue weighted by Gasteiger charge is 2.33. The molecule has 1 saturated heterocycles. The van der Waals surface area contributed by atoms with Crippen LogP contribution in [0.15, 0.2) is 46.9 Å². The molecule has 1 heterocycles. The topological polar surface area (TPSA) is 115 Å². The van der Waals surface area contributed by atoms with Crippen molar-refractivity contribution in [1.82, 2.24) is 10.2 Å². The fraction of sp³-hybridized carbons (Fsp3) is 0.483. The third-order valence-corrected chi connectivity index (χ3v) is 7.12. The van der Waals surface area contributed by atoms with Crippen molar-refractivity contribution in [3.63, 3.8) is 0 Å². The van der Waals surface area contributed by atoms with Gasteiger partial charge in [-0.1, -0.05) is 41.9 Å². The molecular formula is C29H37BrClN3O7. The number of hydrogen-bond acceptors (Lipinski definition) is 8. The van der Waals surface area contributed by atoms with E-state index in [0.29, 0.717) is 40.6 Å². The number of amides is 2. The van der Waals surface area contributed by atoms with Crippen molar-refractivity contribution < 1.29 is 33.3 Å². The van der Waals surface area contributed by atoms with Gasteiger partial charge in [-0.25, -0.2) is 14.4 Å². The number of rotatable bonds is 12. The second-order valence-corrected chi connectivity index (χ2v) is 11.8. The summed E-state index contributed by atoms with van der Waals surface area (Å²) in [5.74, 6) is 0.0232. The van der Waals surface area contributed by atoms with Crippen molar-refractivity contribution in [3.8, 4) is 5.75 Å². The average Bonchev–Trinajstić information content (AvgIpc) is 2.88. The first-order valence-electron chi connectivity index (χ1n) is 13.4. The van der Waals surface area contributed by atoms with Crippen molar-refractivity contribution in [2.45, 2.75) is 52.4 Å². The van der Waals surface area contributed by atoms with Crippen LogP contribution in [0.3, 0.4) is 0 Å². The van der Waals surface area contributed by atoms with E-state index < -0.39 is 23.8 Å². The molecule has 1 aliphatic heterocycles. The van der Waals surface area contributed by atoms with Gasteiger partial charge in [0.05, 0.1) is 17.3 Å². The fourth-order valence-corrected chi connectivity index (χ4v) is 4.37. The summed E-state index contributed by atoms with van der Waals surface area (Å²) in [6.45, 7) is 9.30. The van der Waals surface area contributed by atoms with Crippen molar-refractivity contribution >= 4 is 51.4 Å². The van der Waals surface area contributed by atoms with Crippen LogP contribution in [0.2, 0.25) is 5.02 Å². The number of carbonyl (C=O) groups excluding carboxylic acids is 3. The molecule has 2 N–H and O–H groups in total. The predicted octanol–water partition coefficient (Wildman–Crippen LogP) is 6.01. The zero-order valence-corrected chi connectivity index (χ0v) is 26.0. The highest BCUT2D eigenvalue weighted by atomic mass is 79.9. The van der Waals surface area contributed by atoms with Crippen LogP contribution in [-0.4, -0.2) is 67.5 Å². The van der Waals surface area contributed by atoms with Gasteiger partial charge in [0.1, 0.15) is 18.0 Å². The fourth-order valence-electron chi connectivity index (χ4n) is 3.89. The Hall–Kier alpha value is -3.18. The van der Waals surface area contributed by atoms with Gasteiger partial charge in [0, 0.05) is 43.0 Å². The molecule has 0 bridgehead atoms. The summed E-state index contributed by atoms with van der Waals surface area (Å²) in [6, 6.07) is 12.7. The van der Waals surface area contributed by atoms with E-state index in [1.165, 1.54) is 0 Å². The highest BCUT2D eigenvalue weighted by Crippen LogP contribution is 2.36. The summed E-state index contributed by atoms with van der Waals surface area (Å²) in [7, 11) is 0. The van der Waals surface area contributed by atoms with E-state index in [9.17, 15) is 14.4 Å². The third kappa shape index (κ3) is 10.6. The van der Waals surface area contributed by atoms with Crippen molar-refractivity contribution in [2.24, 2.45) is 5.92 Å². The molecular weight excluding hydrogens is 618 g/mol. The van der Waals surface area contributed by atoms with Crippen LogP contribution < -0.4 is 15.4 Å². The smallest absolute Gasteiger partial charge is 0.410 e. The third-order valence-electron chi connectivity index (χ3n) is 5.92. The first-order chi connectivity index (χ1) is 19.4. The van der Waals surface area contributed by atoms with Crippen LogP contribution in [0.5, 0.6) is 5.75 Å². The minimum Gasteiger partial charge on any atom is -0.476 e. The minimum atomic E-state index is -0.996. The van der Waals surface area contributed by atoms with E-state index in [2.05, 4.69) is 26.6 Å². The number of halogens is 2. The van der Waals surface area contributed by atoms with E-state index in [0.717, 1.165) is 5.56 Å².